The summed E-state index contributed by atoms with van der Waals surface area (Å²) in [4.78, 5) is 32.5. The topological polar surface area (TPSA) is 83.9 Å². The van der Waals surface area contributed by atoms with Crippen molar-refractivity contribution in [2.45, 2.75) is 33.9 Å². The maximum atomic E-state index is 11.4. The number of carbonyl (C=O) groups excluding carboxylic acids is 2. The Hall–Kier alpha value is -2.58. The molecule has 26 heavy (non-hydrogen) atoms. The summed E-state index contributed by atoms with van der Waals surface area (Å²) in [6.07, 6.45) is -3.63. The summed E-state index contributed by atoms with van der Waals surface area (Å²) in [6.45, 7) is 16.6. The summed E-state index contributed by atoms with van der Waals surface area (Å²) in [7, 11) is 0. The average Bonchev–Trinajstić information content (AvgIpc) is 2.53. The van der Waals surface area contributed by atoms with Gasteiger partial charge in [0.05, 0.1) is 0 Å². The molecule has 0 unspecified atom stereocenters. The maximum Gasteiger partial charge on any atom is 0.422 e. The fourth-order valence-corrected chi connectivity index (χ4v) is 1.05. The number of hydrogen-bond acceptors (Lipinski definition) is 4. The van der Waals surface area contributed by atoms with Crippen molar-refractivity contribution in [3.63, 3.8) is 0 Å². The molecule has 1 amide bonds. The number of nitrogens with zero attached hydrogens (tertiary/aromatic N) is 1. The maximum absolute atomic E-state index is 11.4. The molecule has 150 valence electrons. The molecule has 0 heterocycles. The zero-order chi connectivity index (χ0) is 21.5. The number of aliphatic carboxylic acids is 1. The van der Waals surface area contributed by atoms with E-state index in [4.69, 9.17) is 5.11 Å². The van der Waals surface area contributed by atoms with E-state index in [1.807, 2.05) is 13.8 Å². The molecule has 0 aromatic heterocycles. The summed E-state index contributed by atoms with van der Waals surface area (Å²) in [5.41, 5.74) is 0.568. The third-order valence-corrected chi connectivity index (χ3v) is 2.31. The molecular formula is C17H26F3NO5. The monoisotopic (exact) mass is 381 g/mol. The Labute approximate surface area is 151 Å². The van der Waals surface area contributed by atoms with Crippen molar-refractivity contribution in [3.8, 4) is 0 Å². The van der Waals surface area contributed by atoms with Gasteiger partial charge in [-0.2, -0.15) is 13.2 Å². The number of esters is 1. The predicted octanol–water partition coefficient (Wildman–Crippen LogP) is 3.36. The van der Waals surface area contributed by atoms with Crippen LogP contribution in [-0.4, -0.2) is 53.7 Å². The minimum atomic E-state index is -4.47. The van der Waals surface area contributed by atoms with Crippen LogP contribution in [0.2, 0.25) is 0 Å². The van der Waals surface area contributed by atoms with E-state index < -0.39 is 24.7 Å². The number of carboxylic acids is 1. The van der Waals surface area contributed by atoms with Gasteiger partial charge >= 0.3 is 18.1 Å². The van der Waals surface area contributed by atoms with Crippen molar-refractivity contribution in [1.82, 2.24) is 4.90 Å². The molecule has 0 aliphatic rings. The highest BCUT2D eigenvalue weighted by Crippen LogP contribution is 2.14. The fourth-order valence-electron chi connectivity index (χ4n) is 1.05. The van der Waals surface area contributed by atoms with Crippen LogP contribution < -0.4 is 0 Å². The minimum absolute atomic E-state index is 0.0470. The number of carboxylic acid groups (broad SMARTS) is 1. The van der Waals surface area contributed by atoms with Gasteiger partial charge in [-0.25, -0.2) is 9.59 Å². The van der Waals surface area contributed by atoms with Gasteiger partial charge in [-0.05, 0) is 27.7 Å². The van der Waals surface area contributed by atoms with E-state index in [1.54, 1.807) is 11.8 Å². The van der Waals surface area contributed by atoms with E-state index in [2.05, 4.69) is 24.5 Å². The first-order valence-electron chi connectivity index (χ1n) is 7.42. The summed E-state index contributed by atoms with van der Waals surface area (Å²) in [5, 5.41) is 7.60. The minimum Gasteiger partial charge on any atom is -0.478 e. The molecule has 9 heteroatoms. The molecule has 0 saturated carbocycles. The third-order valence-electron chi connectivity index (χ3n) is 2.31. The number of likely N-dealkylation sites (N-methyl/N-ethyl adjacent to an activating group) is 1. The Balaban J connectivity index is -0.000000327. The first-order valence-corrected chi connectivity index (χ1v) is 7.42. The summed E-state index contributed by atoms with van der Waals surface area (Å²) in [6, 6.07) is 0. The second-order valence-electron chi connectivity index (χ2n) is 4.77. The number of alkyl halides is 3. The third kappa shape index (κ3) is 19.5. The second kappa shape index (κ2) is 14.7. The molecule has 0 saturated heterocycles. The first-order chi connectivity index (χ1) is 11.7. The van der Waals surface area contributed by atoms with Crippen LogP contribution in [0, 0.1) is 0 Å². The Bertz CT molecular complexity index is 509. The van der Waals surface area contributed by atoms with Crippen molar-refractivity contribution in [3.05, 3.63) is 37.0 Å². The predicted molar refractivity (Wildman–Crippen MR) is 92.4 cm³/mol. The molecule has 1 N–H and O–H groups in total. The van der Waals surface area contributed by atoms with Gasteiger partial charge in [0.25, 0.3) is 0 Å². The molecular weight excluding hydrogens is 355 g/mol. The van der Waals surface area contributed by atoms with E-state index in [9.17, 15) is 27.6 Å². The van der Waals surface area contributed by atoms with Crippen LogP contribution in [-0.2, 0) is 19.1 Å². The van der Waals surface area contributed by atoms with Crippen molar-refractivity contribution in [2.75, 3.05) is 19.7 Å². The lowest BCUT2D eigenvalue weighted by molar-refractivity contribution is -0.183. The van der Waals surface area contributed by atoms with Gasteiger partial charge < -0.3 is 14.7 Å². The lowest BCUT2D eigenvalue weighted by Gasteiger charge is -2.17. The van der Waals surface area contributed by atoms with Gasteiger partial charge in [0.2, 0.25) is 5.91 Å². The molecule has 0 aromatic carbocycles. The average molecular weight is 381 g/mol. The normalized spacial score (nSPS) is 9.35. The van der Waals surface area contributed by atoms with Gasteiger partial charge in [-0.15, -0.1) is 0 Å². The highest BCUT2D eigenvalue weighted by atomic mass is 19.4. The van der Waals surface area contributed by atoms with Gasteiger partial charge in [-0.1, -0.05) is 19.7 Å². The number of ether oxygens (including phenoxy) is 1. The van der Waals surface area contributed by atoms with E-state index in [-0.39, 0.29) is 11.5 Å². The van der Waals surface area contributed by atoms with Crippen LogP contribution >= 0.6 is 0 Å². The van der Waals surface area contributed by atoms with Crippen molar-refractivity contribution in [1.29, 1.82) is 0 Å². The standard InChI is InChI=1S/C8H15NO.C6H7F3O2.C3H4O2/c1-5-9(6-2)8(10)7(3)4;1-4(2)5(10)11-3-6(7,8)9;1-2-3(4)5/h3,5-6H2,1-2,4H3;1,3H2,2H3;2H,1H2,(H,4,5). The molecule has 0 atom stereocenters. The van der Waals surface area contributed by atoms with Crippen LogP contribution in [0.25, 0.3) is 0 Å². The van der Waals surface area contributed by atoms with Crippen molar-refractivity contribution >= 4 is 17.8 Å². The summed E-state index contributed by atoms with van der Waals surface area (Å²) >= 11 is 0. The van der Waals surface area contributed by atoms with Crippen molar-refractivity contribution < 1.29 is 37.4 Å². The number of carbonyl (C=O) groups is 3. The molecule has 0 aromatic rings. The molecule has 6 nitrogen and oxygen atoms in total. The lowest BCUT2D eigenvalue weighted by Crippen LogP contribution is -2.30. The molecule has 0 fully saturated rings. The second-order valence-corrected chi connectivity index (χ2v) is 4.77. The molecule has 0 spiro atoms. The van der Waals surface area contributed by atoms with E-state index in [1.165, 1.54) is 6.92 Å². The summed E-state index contributed by atoms with van der Waals surface area (Å²) in [5.74, 6) is -1.95. The lowest BCUT2D eigenvalue weighted by atomic mass is 10.3. The Morgan fingerprint density at radius 2 is 1.46 bits per heavy atom. The van der Waals surface area contributed by atoms with Crippen LogP contribution in [0.5, 0.6) is 0 Å². The molecule has 0 rings (SSSR count). The Kier molecular flexibility index (Phi) is 16.0. The van der Waals surface area contributed by atoms with E-state index in [0.717, 1.165) is 19.2 Å². The zero-order valence-electron chi connectivity index (χ0n) is 15.5. The van der Waals surface area contributed by atoms with Gasteiger partial charge in [0.1, 0.15) is 0 Å². The van der Waals surface area contributed by atoms with Crippen LogP contribution in [0.15, 0.2) is 37.0 Å². The largest absolute Gasteiger partial charge is 0.478 e. The number of amides is 1. The number of halogens is 3. The smallest absolute Gasteiger partial charge is 0.422 e. The quantitative estimate of drug-likeness (QED) is 0.563. The molecule has 0 aliphatic heterocycles. The van der Waals surface area contributed by atoms with Crippen LogP contribution in [0.4, 0.5) is 13.2 Å². The number of hydrogen-bond donors (Lipinski definition) is 1. The summed E-state index contributed by atoms with van der Waals surface area (Å²) < 4.78 is 37.9. The van der Waals surface area contributed by atoms with Gasteiger partial charge in [0.15, 0.2) is 6.61 Å². The fraction of sp³-hybridized carbons (Fsp3) is 0.471. The van der Waals surface area contributed by atoms with Crippen LogP contribution in [0.3, 0.4) is 0 Å². The number of rotatable bonds is 6. The Morgan fingerprint density at radius 1 is 1.08 bits per heavy atom. The van der Waals surface area contributed by atoms with Gasteiger partial charge in [0, 0.05) is 30.3 Å². The highest BCUT2D eigenvalue weighted by molar-refractivity contribution is 5.92. The molecule has 0 aliphatic carbocycles. The van der Waals surface area contributed by atoms with Crippen molar-refractivity contribution in [2.24, 2.45) is 0 Å². The Morgan fingerprint density at radius 3 is 1.62 bits per heavy atom. The van der Waals surface area contributed by atoms with Gasteiger partial charge in [-0.3, -0.25) is 4.79 Å². The van der Waals surface area contributed by atoms with E-state index in [0.29, 0.717) is 5.57 Å². The van der Waals surface area contributed by atoms with E-state index >= 15 is 0 Å². The zero-order valence-corrected chi connectivity index (χ0v) is 15.5. The highest BCUT2D eigenvalue weighted by Gasteiger charge is 2.29. The molecule has 0 radical (unpaired) electrons. The first kappa shape index (κ1) is 28.2. The SMILES string of the molecule is C=C(C)C(=O)N(CC)CC.C=C(C)C(=O)OCC(F)(F)F.C=CC(=O)O. The molecule has 0 bridgehead atoms. The van der Waals surface area contributed by atoms with Crippen LogP contribution in [0.1, 0.15) is 27.7 Å².